The molecular formula is C11H14OS. The average Bonchev–Trinajstić information content (AvgIpc) is 2.26. The zero-order chi connectivity index (χ0) is 9.84. The molecule has 0 radical (unpaired) electrons. The predicted molar refractivity (Wildman–Crippen MR) is 58.6 cm³/mol. The van der Waals surface area contributed by atoms with Gasteiger partial charge in [0.2, 0.25) is 0 Å². The molecule has 1 aromatic carbocycles. The van der Waals surface area contributed by atoms with E-state index in [0.717, 1.165) is 10.5 Å². The molecule has 0 saturated heterocycles. The molecule has 2 heteroatoms. The lowest BCUT2D eigenvalue weighted by Crippen LogP contribution is -1.99. The molecule has 70 valence electrons. The van der Waals surface area contributed by atoms with Gasteiger partial charge in [-0.1, -0.05) is 26.0 Å². The van der Waals surface area contributed by atoms with Gasteiger partial charge in [0.25, 0.3) is 0 Å². The summed E-state index contributed by atoms with van der Waals surface area (Å²) >= 11 is 1.50. The van der Waals surface area contributed by atoms with Crippen molar-refractivity contribution in [3.8, 4) is 0 Å². The molecule has 0 aliphatic heterocycles. The second-order valence-electron chi connectivity index (χ2n) is 3.26. The number of rotatable bonds is 2. The van der Waals surface area contributed by atoms with E-state index >= 15 is 0 Å². The average molecular weight is 194 g/mol. The Morgan fingerprint density at radius 3 is 2.54 bits per heavy atom. The van der Waals surface area contributed by atoms with Crippen molar-refractivity contribution in [3.05, 3.63) is 40.1 Å². The summed E-state index contributed by atoms with van der Waals surface area (Å²) in [6.07, 6.45) is 1.92. The van der Waals surface area contributed by atoms with Gasteiger partial charge in [0, 0.05) is 0 Å². The summed E-state index contributed by atoms with van der Waals surface area (Å²) in [5, 5.41) is 0. The van der Waals surface area contributed by atoms with Crippen molar-refractivity contribution in [2.75, 3.05) is 6.26 Å². The van der Waals surface area contributed by atoms with Crippen LogP contribution in [0.3, 0.4) is 0 Å². The summed E-state index contributed by atoms with van der Waals surface area (Å²) in [7, 11) is 0. The number of thioether (sulfide) groups is 1. The van der Waals surface area contributed by atoms with Gasteiger partial charge in [-0.15, -0.1) is 11.8 Å². The predicted octanol–water partition coefficient (Wildman–Crippen LogP) is 2.89. The molecule has 0 spiro atoms. The second-order valence-corrected chi connectivity index (χ2v) is 4.11. The highest BCUT2D eigenvalue weighted by molar-refractivity contribution is 7.98. The van der Waals surface area contributed by atoms with E-state index in [0.29, 0.717) is 5.92 Å². The maximum atomic E-state index is 11.6. The Kier molecular flexibility index (Phi) is 3.55. The van der Waals surface area contributed by atoms with E-state index in [1.165, 1.54) is 11.8 Å². The van der Waals surface area contributed by atoms with Gasteiger partial charge in [-0.2, -0.15) is 0 Å². The van der Waals surface area contributed by atoms with Gasteiger partial charge in [-0.05, 0) is 29.9 Å². The maximum absolute atomic E-state index is 11.6. The van der Waals surface area contributed by atoms with Crippen LogP contribution in [0.1, 0.15) is 25.3 Å². The first-order valence-corrected chi connectivity index (χ1v) is 5.56. The largest absolute Gasteiger partial charge is 0.289 e. The van der Waals surface area contributed by atoms with E-state index in [9.17, 15) is 4.79 Å². The summed E-state index contributed by atoms with van der Waals surface area (Å²) in [6, 6.07) is 7.56. The minimum Gasteiger partial charge on any atom is -0.289 e. The Labute approximate surface area is 83.2 Å². The fourth-order valence-electron chi connectivity index (χ4n) is 1.13. The third-order valence-electron chi connectivity index (χ3n) is 1.96. The number of hydrogen-bond donors (Lipinski definition) is 0. The first-order valence-electron chi connectivity index (χ1n) is 4.33. The van der Waals surface area contributed by atoms with E-state index in [1.807, 2.05) is 24.5 Å². The fraction of sp³-hybridized carbons (Fsp3) is 0.364. The molecule has 0 atom stereocenters. The molecule has 0 bridgehead atoms. The highest BCUT2D eigenvalue weighted by atomic mass is 32.2. The molecule has 0 fully saturated rings. The smallest absolute Gasteiger partial charge is 0.192 e. The van der Waals surface area contributed by atoms with Gasteiger partial charge in [0.15, 0.2) is 5.43 Å². The molecule has 0 amide bonds. The molecule has 0 aromatic heterocycles. The topological polar surface area (TPSA) is 17.1 Å². The van der Waals surface area contributed by atoms with Crippen LogP contribution in [0.5, 0.6) is 0 Å². The monoisotopic (exact) mass is 194 g/mol. The quantitative estimate of drug-likeness (QED) is 0.673. The summed E-state index contributed by atoms with van der Waals surface area (Å²) in [6.45, 7) is 4.18. The van der Waals surface area contributed by atoms with Crippen LogP contribution in [0.25, 0.3) is 0 Å². The van der Waals surface area contributed by atoms with Crippen molar-refractivity contribution in [3.63, 3.8) is 0 Å². The molecule has 0 aliphatic rings. The van der Waals surface area contributed by atoms with Crippen molar-refractivity contribution < 1.29 is 0 Å². The summed E-state index contributed by atoms with van der Waals surface area (Å²) in [5.74, 6) is 0.412. The van der Waals surface area contributed by atoms with Gasteiger partial charge >= 0.3 is 0 Å². The first-order chi connectivity index (χ1) is 6.15. The molecule has 1 rings (SSSR count). The highest BCUT2D eigenvalue weighted by Crippen LogP contribution is 2.13. The normalized spacial score (nSPS) is 10.5. The first kappa shape index (κ1) is 10.3. The molecule has 1 nitrogen and oxygen atoms in total. The zero-order valence-electron chi connectivity index (χ0n) is 8.20. The van der Waals surface area contributed by atoms with Gasteiger partial charge in [0.1, 0.15) is 0 Å². The van der Waals surface area contributed by atoms with Crippen LogP contribution in [-0.4, -0.2) is 6.26 Å². The Bertz CT molecular complexity index is 344. The Balaban J connectivity index is 3.28. The van der Waals surface area contributed by atoms with Crippen LogP contribution < -0.4 is 5.43 Å². The van der Waals surface area contributed by atoms with Gasteiger partial charge < -0.3 is 0 Å². The molecule has 13 heavy (non-hydrogen) atoms. The lowest BCUT2D eigenvalue weighted by Gasteiger charge is -1.99. The Morgan fingerprint density at radius 2 is 2.00 bits per heavy atom. The minimum absolute atomic E-state index is 0.126. The lowest BCUT2D eigenvalue weighted by atomic mass is 10.1. The summed E-state index contributed by atoms with van der Waals surface area (Å²) < 4.78 is 0. The SMILES string of the molecule is CSc1cccc(C(C)C)cc1=O. The van der Waals surface area contributed by atoms with Crippen LogP contribution in [0.4, 0.5) is 0 Å². The second kappa shape index (κ2) is 4.47. The maximum Gasteiger partial charge on any atom is 0.192 e. The summed E-state index contributed by atoms with van der Waals surface area (Å²) in [4.78, 5) is 12.4. The zero-order valence-corrected chi connectivity index (χ0v) is 9.02. The van der Waals surface area contributed by atoms with Crippen molar-refractivity contribution >= 4 is 11.8 Å². The molecule has 0 aliphatic carbocycles. The van der Waals surface area contributed by atoms with E-state index in [1.54, 1.807) is 6.07 Å². The van der Waals surface area contributed by atoms with Crippen molar-refractivity contribution in [2.24, 2.45) is 0 Å². The fourth-order valence-corrected chi connectivity index (χ4v) is 1.60. The van der Waals surface area contributed by atoms with Crippen LogP contribution >= 0.6 is 11.8 Å². The van der Waals surface area contributed by atoms with E-state index in [-0.39, 0.29) is 5.43 Å². The van der Waals surface area contributed by atoms with E-state index in [4.69, 9.17) is 0 Å². The standard InChI is InChI=1S/C11H14OS/c1-8(2)9-5-4-6-11(13-3)10(12)7-9/h4-8H,1-3H3. The molecule has 0 heterocycles. The van der Waals surface area contributed by atoms with Crippen LogP contribution in [0, 0.1) is 0 Å². The molecule has 0 unspecified atom stereocenters. The van der Waals surface area contributed by atoms with Crippen LogP contribution in [0.2, 0.25) is 0 Å². The molecular weight excluding hydrogens is 180 g/mol. The Morgan fingerprint density at radius 1 is 1.31 bits per heavy atom. The highest BCUT2D eigenvalue weighted by Gasteiger charge is 2.00. The van der Waals surface area contributed by atoms with E-state index in [2.05, 4.69) is 13.8 Å². The summed E-state index contributed by atoms with van der Waals surface area (Å²) in [5.41, 5.74) is 1.23. The minimum atomic E-state index is 0.126. The number of hydrogen-bond acceptors (Lipinski definition) is 2. The molecule has 0 saturated carbocycles. The van der Waals surface area contributed by atoms with Crippen molar-refractivity contribution in [1.82, 2.24) is 0 Å². The third kappa shape index (κ3) is 2.59. The van der Waals surface area contributed by atoms with E-state index < -0.39 is 0 Å². The van der Waals surface area contributed by atoms with Crippen molar-refractivity contribution in [1.29, 1.82) is 0 Å². The molecule has 1 aromatic rings. The van der Waals surface area contributed by atoms with Gasteiger partial charge in [-0.25, -0.2) is 0 Å². The van der Waals surface area contributed by atoms with Crippen LogP contribution in [0.15, 0.2) is 34.0 Å². The van der Waals surface area contributed by atoms with Gasteiger partial charge in [0.05, 0.1) is 4.90 Å². The third-order valence-corrected chi connectivity index (χ3v) is 2.74. The Hall–Kier alpha value is -0.760. The molecule has 0 N–H and O–H groups in total. The lowest BCUT2D eigenvalue weighted by molar-refractivity contribution is 0.867. The van der Waals surface area contributed by atoms with Gasteiger partial charge in [-0.3, -0.25) is 4.79 Å². The van der Waals surface area contributed by atoms with Crippen molar-refractivity contribution in [2.45, 2.75) is 24.7 Å². The van der Waals surface area contributed by atoms with Crippen LogP contribution in [-0.2, 0) is 0 Å².